The zero-order valence-electron chi connectivity index (χ0n) is 11.7. The van der Waals surface area contributed by atoms with Gasteiger partial charge in [0.1, 0.15) is 6.61 Å². The number of halogens is 1. The molecule has 4 nitrogen and oxygen atoms in total. The molecule has 5 heteroatoms. The van der Waals surface area contributed by atoms with E-state index in [9.17, 15) is 14.3 Å². The molecule has 0 aromatic heterocycles. The lowest BCUT2D eigenvalue weighted by atomic mass is 10.2. The average molecular weight is 299 g/mol. The molecule has 2 aromatic rings. The van der Waals surface area contributed by atoms with Gasteiger partial charge in [-0.15, -0.1) is 0 Å². The van der Waals surface area contributed by atoms with Crippen molar-refractivity contribution in [2.45, 2.75) is 6.61 Å². The van der Waals surface area contributed by atoms with Gasteiger partial charge in [0.15, 0.2) is 11.6 Å². The molecule has 0 saturated heterocycles. The first kappa shape index (κ1) is 15.4. The fourth-order valence-electron chi connectivity index (χ4n) is 1.63. The van der Waals surface area contributed by atoms with Crippen LogP contribution in [-0.4, -0.2) is 17.7 Å². The summed E-state index contributed by atoms with van der Waals surface area (Å²) in [5, 5.41) is 11.7. The van der Waals surface area contributed by atoms with E-state index in [1.807, 2.05) is 30.3 Å². The van der Waals surface area contributed by atoms with E-state index < -0.39 is 17.7 Å². The molecule has 2 rings (SSSR count). The number of carbonyl (C=O) groups is 1. The van der Waals surface area contributed by atoms with Crippen LogP contribution in [0, 0.1) is 17.7 Å². The molecule has 0 heterocycles. The van der Waals surface area contributed by atoms with Gasteiger partial charge in [0.2, 0.25) is 0 Å². The lowest BCUT2D eigenvalue weighted by molar-refractivity contribution is 0.141. The number of nitrogens with one attached hydrogen (secondary N) is 1. The van der Waals surface area contributed by atoms with Crippen molar-refractivity contribution in [3.63, 3.8) is 0 Å². The number of hydrogen-bond acceptors (Lipinski definition) is 3. The molecule has 2 N–H and O–H groups in total. The van der Waals surface area contributed by atoms with Crippen LogP contribution in [0.15, 0.2) is 48.5 Å². The Labute approximate surface area is 127 Å². The Morgan fingerprint density at radius 1 is 1.23 bits per heavy atom. The van der Waals surface area contributed by atoms with Gasteiger partial charge in [-0.3, -0.25) is 0 Å². The summed E-state index contributed by atoms with van der Waals surface area (Å²) in [7, 11) is 0. The first-order valence-electron chi connectivity index (χ1n) is 6.57. The predicted octanol–water partition coefficient (Wildman–Crippen LogP) is 2.81. The Hall–Kier alpha value is -3.00. The Kier molecular flexibility index (Phi) is 5.38. The highest BCUT2D eigenvalue weighted by Crippen LogP contribution is 2.15. The second-order valence-electron chi connectivity index (χ2n) is 4.38. The average Bonchev–Trinajstić information content (AvgIpc) is 2.54. The molecule has 0 unspecified atom stereocenters. The third-order valence-corrected chi connectivity index (χ3v) is 2.71. The smallest absolute Gasteiger partial charge is 0.408 e. The van der Waals surface area contributed by atoms with Crippen molar-refractivity contribution >= 4 is 6.09 Å². The number of phenols is 1. The quantitative estimate of drug-likeness (QED) is 0.857. The van der Waals surface area contributed by atoms with Crippen LogP contribution in [0.4, 0.5) is 9.18 Å². The third kappa shape index (κ3) is 4.84. The predicted molar refractivity (Wildman–Crippen MR) is 79.6 cm³/mol. The molecule has 0 fully saturated rings. The number of carbonyl (C=O) groups excluding carboxylic acids is 1. The van der Waals surface area contributed by atoms with Gasteiger partial charge in [0, 0.05) is 5.56 Å². The van der Waals surface area contributed by atoms with Crippen molar-refractivity contribution < 1.29 is 19.0 Å². The zero-order valence-corrected chi connectivity index (χ0v) is 11.7. The highest BCUT2D eigenvalue weighted by Gasteiger charge is 2.01. The Morgan fingerprint density at radius 2 is 2.00 bits per heavy atom. The van der Waals surface area contributed by atoms with Gasteiger partial charge in [-0.05, 0) is 23.8 Å². The van der Waals surface area contributed by atoms with Gasteiger partial charge in [-0.1, -0.05) is 42.2 Å². The normalized spacial score (nSPS) is 9.50. The maximum absolute atomic E-state index is 12.8. The van der Waals surface area contributed by atoms with Crippen molar-refractivity contribution in [2.24, 2.45) is 0 Å². The SMILES string of the molecule is O=C(NCC#Cc1ccc(F)c(O)c1)OCc1ccccc1. The van der Waals surface area contributed by atoms with Crippen LogP contribution in [-0.2, 0) is 11.3 Å². The molecule has 0 spiro atoms. The molecule has 0 aliphatic heterocycles. The van der Waals surface area contributed by atoms with E-state index in [-0.39, 0.29) is 13.2 Å². The first-order chi connectivity index (χ1) is 10.6. The number of alkyl carbamates (subject to hydrolysis) is 1. The maximum Gasteiger partial charge on any atom is 0.408 e. The molecular weight excluding hydrogens is 285 g/mol. The highest BCUT2D eigenvalue weighted by molar-refractivity contribution is 5.67. The van der Waals surface area contributed by atoms with E-state index in [0.717, 1.165) is 11.6 Å². The standard InChI is InChI=1S/C17H14FNO3/c18-15-9-8-13(11-16(15)20)7-4-10-19-17(21)22-12-14-5-2-1-3-6-14/h1-3,5-6,8-9,11,20H,10,12H2,(H,19,21). The number of phenolic OH excluding ortho intramolecular Hbond substituents is 1. The summed E-state index contributed by atoms with van der Waals surface area (Å²) < 4.78 is 17.9. The van der Waals surface area contributed by atoms with Crippen molar-refractivity contribution in [3.8, 4) is 17.6 Å². The topological polar surface area (TPSA) is 58.6 Å². The Balaban J connectivity index is 1.75. The monoisotopic (exact) mass is 299 g/mol. The summed E-state index contributed by atoms with van der Waals surface area (Å²) in [5.74, 6) is 4.22. The Bertz CT molecular complexity index is 705. The highest BCUT2D eigenvalue weighted by atomic mass is 19.1. The molecule has 0 bridgehead atoms. The van der Waals surface area contributed by atoms with E-state index in [1.165, 1.54) is 12.1 Å². The van der Waals surface area contributed by atoms with Crippen LogP contribution < -0.4 is 5.32 Å². The molecule has 0 radical (unpaired) electrons. The van der Waals surface area contributed by atoms with Crippen LogP contribution in [0.2, 0.25) is 0 Å². The number of aromatic hydroxyl groups is 1. The summed E-state index contributed by atoms with van der Waals surface area (Å²) >= 11 is 0. The molecule has 0 saturated carbocycles. The van der Waals surface area contributed by atoms with Crippen LogP contribution in [0.1, 0.15) is 11.1 Å². The van der Waals surface area contributed by atoms with Crippen molar-refractivity contribution in [3.05, 3.63) is 65.5 Å². The van der Waals surface area contributed by atoms with Crippen LogP contribution in [0.3, 0.4) is 0 Å². The van der Waals surface area contributed by atoms with Gasteiger partial charge in [-0.25, -0.2) is 9.18 Å². The minimum absolute atomic E-state index is 0.0890. The van der Waals surface area contributed by atoms with E-state index in [2.05, 4.69) is 17.2 Å². The third-order valence-electron chi connectivity index (χ3n) is 2.71. The van der Waals surface area contributed by atoms with Crippen molar-refractivity contribution in [1.29, 1.82) is 0 Å². The molecule has 1 amide bonds. The van der Waals surface area contributed by atoms with Gasteiger partial charge in [0.05, 0.1) is 6.54 Å². The molecule has 112 valence electrons. The maximum atomic E-state index is 12.8. The minimum atomic E-state index is -0.701. The van der Waals surface area contributed by atoms with E-state index in [1.54, 1.807) is 0 Å². The van der Waals surface area contributed by atoms with E-state index in [0.29, 0.717) is 5.56 Å². The van der Waals surface area contributed by atoms with E-state index >= 15 is 0 Å². The van der Waals surface area contributed by atoms with Crippen LogP contribution in [0.5, 0.6) is 5.75 Å². The number of amides is 1. The first-order valence-corrected chi connectivity index (χ1v) is 6.57. The summed E-state index contributed by atoms with van der Waals surface area (Å²) in [6, 6.07) is 13.1. The minimum Gasteiger partial charge on any atom is -0.505 e. The van der Waals surface area contributed by atoms with Gasteiger partial charge < -0.3 is 15.2 Å². The molecular formula is C17H14FNO3. The van der Waals surface area contributed by atoms with Crippen molar-refractivity contribution in [1.82, 2.24) is 5.32 Å². The molecule has 0 aliphatic rings. The van der Waals surface area contributed by atoms with Gasteiger partial charge in [-0.2, -0.15) is 0 Å². The summed E-state index contributed by atoms with van der Waals surface area (Å²) in [4.78, 5) is 11.4. The van der Waals surface area contributed by atoms with Crippen molar-refractivity contribution in [2.75, 3.05) is 6.54 Å². The Morgan fingerprint density at radius 3 is 2.73 bits per heavy atom. The summed E-state index contributed by atoms with van der Waals surface area (Å²) in [6.45, 7) is 0.275. The van der Waals surface area contributed by atoms with E-state index in [4.69, 9.17) is 4.74 Å². The molecule has 0 atom stereocenters. The molecule has 2 aromatic carbocycles. The lowest BCUT2D eigenvalue weighted by Gasteiger charge is -2.04. The fraction of sp³-hybridized carbons (Fsp3) is 0.118. The number of hydrogen-bond donors (Lipinski definition) is 2. The second-order valence-corrected chi connectivity index (χ2v) is 4.38. The molecule has 0 aliphatic carbocycles. The van der Waals surface area contributed by atoms with Gasteiger partial charge in [0.25, 0.3) is 0 Å². The number of benzene rings is 2. The lowest BCUT2D eigenvalue weighted by Crippen LogP contribution is -2.24. The summed E-state index contributed by atoms with van der Waals surface area (Å²) in [6.07, 6.45) is -0.569. The molecule has 22 heavy (non-hydrogen) atoms. The van der Waals surface area contributed by atoms with Crippen LogP contribution >= 0.6 is 0 Å². The number of rotatable bonds is 3. The zero-order chi connectivity index (χ0) is 15.8. The van der Waals surface area contributed by atoms with Crippen LogP contribution in [0.25, 0.3) is 0 Å². The van der Waals surface area contributed by atoms with Gasteiger partial charge >= 0.3 is 6.09 Å². The fourth-order valence-corrected chi connectivity index (χ4v) is 1.63. The second kappa shape index (κ2) is 7.70. The largest absolute Gasteiger partial charge is 0.505 e. The summed E-state index contributed by atoms with van der Waals surface area (Å²) in [5.41, 5.74) is 1.35. The number of ether oxygens (including phenoxy) is 1.